The van der Waals surface area contributed by atoms with Crippen LogP contribution in [0.3, 0.4) is 0 Å². The normalized spacial score (nSPS) is 11.7. The van der Waals surface area contributed by atoms with Crippen molar-refractivity contribution in [3.05, 3.63) is 35.9 Å². The van der Waals surface area contributed by atoms with Gasteiger partial charge in [0.05, 0.1) is 13.7 Å². The summed E-state index contributed by atoms with van der Waals surface area (Å²) in [5.74, 6) is -1.17. The van der Waals surface area contributed by atoms with Crippen LogP contribution in [0.25, 0.3) is 0 Å². The monoisotopic (exact) mass is 278 g/mol. The summed E-state index contributed by atoms with van der Waals surface area (Å²) in [5.41, 5.74) is 5.60. The van der Waals surface area contributed by atoms with E-state index >= 15 is 0 Å². The maximum absolute atomic E-state index is 11.9. The Kier molecular flexibility index (Phi) is 6.39. The Hall–Kier alpha value is -2.21. The van der Waals surface area contributed by atoms with E-state index in [4.69, 9.17) is 5.73 Å². The van der Waals surface area contributed by atoms with Gasteiger partial charge in [-0.1, -0.05) is 30.3 Å². The average molecular weight is 278 g/mol. The zero-order valence-corrected chi connectivity index (χ0v) is 11.3. The zero-order valence-electron chi connectivity index (χ0n) is 11.3. The van der Waals surface area contributed by atoms with Gasteiger partial charge in [-0.25, -0.2) is 0 Å². The molecule has 0 radical (unpaired) electrons. The highest BCUT2D eigenvalue weighted by molar-refractivity contribution is 5.97. The highest BCUT2D eigenvalue weighted by Crippen LogP contribution is 2.02. The van der Waals surface area contributed by atoms with Gasteiger partial charge in [0.2, 0.25) is 5.91 Å². The molecule has 0 saturated heterocycles. The lowest BCUT2D eigenvalue weighted by molar-refractivity contribution is -0.143. The van der Waals surface area contributed by atoms with Crippen molar-refractivity contribution in [1.29, 1.82) is 0 Å². The molecule has 6 heteroatoms. The van der Waals surface area contributed by atoms with Crippen LogP contribution in [0.15, 0.2) is 30.3 Å². The third kappa shape index (κ3) is 5.19. The maximum Gasteiger partial charge on any atom is 0.322 e. The molecule has 0 bridgehead atoms. The molecule has 0 aliphatic carbocycles. The molecule has 0 saturated carbocycles. The summed E-state index contributed by atoms with van der Waals surface area (Å²) in [5, 5.41) is 2.79. The van der Waals surface area contributed by atoms with E-state index in [1.807, 2.05) is 6.07 Å². The highest BCUT2D eigenvalue weighted by Gasteiger charge is 2.20. The fourth-order valence-corrected chi connectivity index (χ4v) is 1.67. The zero-order chi connectivity index (χ0) is 15.0. The number of amides is 1. The minimum atomic E-state index is -0.722. The number of nitrogens with one attached hydrogen (secondary N) is 1. The number of methoxy groups -OCH3 is 1. The van der Waals surface area contributed by atoms with Gasteiger partial charge >= 0.3 is 5.97 Å². The van der Waals surface area contributed by atoms with E-state index in [1.165, 1.54) is 7.11 Å². The predicted molar refractivity (Wildman–Crippen MR) is 73.0 cm³/mol. The number of hydrogen-bond donors (Lipinski definition) is 2. The number of benzene rings is 1. The van der Waals surface area contributed by atoms with Gasteiger partial charge < -0.3 is 10.5 Å². The Bertz CT molecular complexity index is 473. The van der Waals surface area contributed by atoms with Crippen molar-refractivity contribution >= 4 is 17.7 Å². The molecule has 108 valence electrons. The van der Waals surface area contributed by atoms with E-state index in [0.29, 0.717) is 5.56 Å². The van der Waals surface area contributed by atoms with Crippen molar-refractivity contribution in [3.8, 4) is 0 Å². The molecule has 3 N–H and O–H groups in total. The summed E-state index contributed by atoms with van der Waals surface area (Å²) in [4.78, 5) is 34.2. The molecule has 0 fully saturated rings. The van der Waals surface area contributed by atoms with Gasteiger partial charge in [-0.3, -0.25) is 19.7 Å². The topological polar surface area (TPSA) is 98.5 Å². The third-order valence-electron chi connectivity index (χ3n) is 2.77. The molecule has 1 aromatic rings. The van der Waals surface area contributed by atoms with Gasteiger partial charge in [0, 0.05) is 12.0 Å². The summed E-state index contributed by atoms with van der Waals surface area (Å²) in [6, 6.07) is 8.01. The van der Waals surface area contributed by atoms with Gasteiger partial charge in [0.15, 0.2) is 5.78 Å². The van der Waals surface area contributed by atoms with Crippen LogP contribution < -0.4 is 11.1 Å². The molecule has 1 atom stereocenters. The van der Waals surface area contributed by atoms with Crippen molar-refractivity contribution in [2.75, 3.05) is 13.7 Å². The van der Waals surface area contributed by atoms with Gasteiger partial charge in [-0.05, 0) is 6.42 Å². The van der Waals surface area contributed by atoms with Crippen molar-refractivity contribution in [2.24, 2.45) is 5.73 Å². The van der Waals surface area contributed by atoms with Crippen LogP contribution in [-0.2, 0) is 14.3 Å². The first-order chi connectivity index (χ1) is 9.54. The molecule has 0 heterocycles. The Morgan fingerprint density at radius 2 is 1.90 bits per heavy atom. The second kappa shape index (κ2) is 8.06. The van der Waals surface area contributed by atoms with Crippen molar-refractivity contribution in [3.63, 3.8) is 0 Å². The standard InChI is InChI=1S/C14H18N2O4/c1-20-14(19)11(7-8-13(15)18)16-9-12(17)10-5-3-2-4-6-10/h2-6,11,16H,7-9H2,1H3,(H2,15,18). The molecule has 1 amide bonds. The number of esters is 1. The Balaban J connectivity index is 2.55. The Morgan fingerprint density at radius 3 is 2.45 bits per heavy atom. The van der Waals surface area contributed by atoms with Crippen LogP contribution >= 0.6 is 0 Å². The van der Waals surface area contributed by atoms with E-state index in [1.54, 1.807) is 24.3 Å². The second-order valence-corrected chi connectivity index (χ2v) is 4.25. The molecule has 6 nitrogen and oxygen atoms in total. The second-order valence-electron chi connectivity index (χ2n) is 4.25. The first-order valence-corrected chi connectivity index (χ1v) is 6.22. The predicted octanol–water partition coefficient (Wildman–Crippen LogP) is 0.266. The molecule has 0 aromatic heterocycles. The average Bonchev–Trinajstić information content (AvgIpc) is 2.47. The summed E-state index contributed by atoms with van der Waals surface area (Å²) in [7, 11) is 1.25. The maximum atomic E-state index is 11.9. The van der Waals surface area contributed by atoms with Crippen LogP contribution in [-0.4, -0.2) is 37.4 Å². The van der Waals surface area contributed by atoms with Crippen LogP contribution in [0.5, 0.6) is 0 Å². The molecule has 20 heavy (non-hydrogen) atoms. The highest BCUT2D eigenvalue weighted by atomic mass is 16.5. The van der Waals surface area contributed by atoms with Crippen LogP contribution in [0, 0.1) is 0 Å². The number of rotatable bonds is 8. The lowest BCUT2D eigenvalue weighted by Gasteiger charge is -2.15. The van der Waals surface area contributed by atoms with Crippen LogP contribution in [0.1, 0.15) is 23.2 Å². The van der Waals surface area contributed by atoms with Crippen molar-refractivity contribution in [2.45, 2.75) is 18.9 Å². The SMILES string of the molecule is COC(=O)C(CCC(N)=O)NCC(=O)c1ccccc1. The fourth-order valence-electron chi connectivity index (χ4n) is 1.67. The number of Topliss-reactive ketones (excluding diaryl/α,β-unsaturated/α-hetero) is 1. The molecule has 0 aliphatic heterocycles. The molecular weight excluding hydrogens is 260 g/mol. The number of carbonyl (C=O) groups is 3. The van der Waals surface area contributed by atoms with E-state index in [0.717, 1.165) is 0 Å². The number of nitrogens with two attached hydrogens (primary N) is 1. The lowest BCUT2D eigenvalue weighted by Crippen LogP contribution is -2.41. The lowest BCUT2D eigenvalue weighted by atomic mass is 10.1. The van der Waals surface area contributed by atoms with Crippen molar-refractivity contribution in [1.82, 2.24) is 5.32 Å². The largest absolute Gasteiger partial charge is 0.468 e. The van der Waals surface area contributed by atoms with Crippen molar-refractivity contribution < 1.29 is 19.1 Å². The molecule has 1 unspecified atom stereocenters. The first-order valence-electron chi connectivity index (χ1n) is 6.22. The Labute approximate surface area is 117 Å². The van der Waals surface area contributed by atoms with E-state index in [9.17, 15) is 14.4 Å². The molecule has 0 spiro atoms. The number of ketones is 1. The fraction of sp³-hybridized carbons (Fsp3) is 0.357. The number of hydrogen-bond acceptors (Lipinski definition) is 5. The van der Waals surface area contributed by atoms with Crippen LogP contribution in [0.2, 0.25) is 0 Å². The van der Waals surface area contributed by atoms with Crippen LogP contribution in [0.4, 0.5) is 0 Å². The smallest absolute Gasteiger partial charge is 0.322 e. The van der Waals surface area contributed by atoms with Gasteiger partial charge in [-0.2, -0.15) is 0 Å². The first kappa shape index (κ1) is 15.8. The summed E-state index contributed by atoms with van der Waals surface area (Å²) >= 11 is 0. The molecular formula is C14H18N2O4. The van der Waals surface area contributed by atoms with E-state index in [-0.39, 0.29) is 25.2 Å². The number of ether oxygens (including phenoxy) is 1. The molecule has 1 aromatic carbocycles. The van der Waals surface area contributed by atoms with Gasteiger partial charge in [-0.15, -0.1) is 0 Å². The summed E-state index contributed by atoms with van der Waals surface area (Å²) in [6.45, 7) is -0.0114. The minimum Gasteiger partial charge on any atom is -0.468 e. The quantitative estimate of drug-likeness (QED) is 0.525. The third-order valence-corrected chi connectivity index (χ3v) is 2.77. The molecule has 1 rings (SSSR count). The summed E-state index contributed by atoms with van der Waals surface area (Å²) in [6.07, 6.45) is 0.246. The number of primary amides is 1. The van der Waals surface area contributed by atoms with E-state index in [2.05, 4.69) is 10.1 Å². The van der Waals surface area contributed by atoms with Gasteiger partial charge in [0.1, 0.15) is 6.04 Å². The van der Waals surface area contributed by atoms with E-state index < -0.39 is 17.9 Å². The van der Waals surface area contributed by atoms with Gasteiger partial charge in [0.25, 0.3) is 0 Å². The molecule has 0 aliphatic rings. The summed E-state index contributed by atoms with van der Waals surface area (Å²) < 4.78 is 4.62. The number of carbonyl (C=O) groups excluding carboxylic acids is 3. The Morgan fingerprint density at radius 1 is 1.25 bits per heavy atom. The minimum absolute atomic E-state index is 0.0114.